The van der Waals surface area contributed by atoms with Crippen LogP contribution in [-0.2, 0) is 6.61 Å². The van der Waals surface area contributed by atoms with Crippen LogP contribution in [0.4, 0.5) is 5.69 Å². The summed E-state index contributed by atoms with van der Waals surface area (Å²) in [6, 6.07) is 20.6. The third kappa shape index (κ3) is 5.05. The zero-order valence-electron chi connectivity index (χ0n) is 15.9. The highest BCUT2D eigenvalue weighted by Crippen LogP contribution is 2.37. The van der Waals surface area contributed by atoms with Crippen LogP contribution in [0.2, 0.25) is 5.02 Å². The molecule has 1 amide bonds. The van der Waals surface area contributed by atoms with Crippen molar-refractivity contribution in [1.82, 2.24) is 0 Å². The van der Waals surface area contributed by atoms with Crippen molar-refractivity contribution >= 4 is 23.2 Å². The number of carbonyl (C=O) groups is 1. The van der Waals surface area contributed by atoms with Crippen LogP contribution in [0.5, 0.6) is 11.5 Å². The topological polar surface area (TPSA) is 47.6 Å². The summed E-state index contributed by atoms with van der Waals surface area (Å²) in [6.45, 7) is 4.69. The molecule has 0 unspecified atom stereocenters. The predicted octanol–water partition coefficient (Wildman–Crippen LogP) is 5.88. The summed E-state index contributed by atoms with van der Waals surface area (Å²) in [5.74, 6) is 0.611. The van der Waals surface area contributed by atoms with Crippen molar-refractivity contribution in [3.05, 3.63) is 88.4 Å². The van der Waals surface area contributed by atoms with Crippen molar-refractivity contribution in [3.8, 4) is 11.5 Å². The van der Waals surface area contributed by atoms with Gasteiger partial charge >= 0.3 is 0 Å². The van der Waals surface area contributed by atoms with E-state index in [1.54, 1.807) is 12.1 Å². The van der Waals surface area contributed by atoms with Crippen LogP contribution in [0.25, 0.3) is 0 Å². The average Bonchev–Trinajstić information content (AvgIpc) is 2.69. The smallest absolute Gasteiger partial charge is 0.255 e. The minimum atomic E-state index is -0.265. The zero-order valence-corrected chi connectivity index (χ0v) is 16.6. The van der Waals surface area contributed by atoms with E-state index in [2.05, 4.69) is 5.32 Å². The molecule has 0 saturated heterocycles. The number of hydrogen-bond donors (Lipinski definition) is 1. The lowest BCUT2D eigenvalue weighted by Gasteiger charge is -2.15. The van der Waals surface area contributed by atoms with Crippen molar-refractivity contribution in [2.75, 3.05) is 11.9 Å². The Hall–Kier alpha value is -2.98. The quantitative estimate of drug-likeness (QED) is 0.543. The second-order valence-electron chi connectivity index (χ2n) is 6.31. The van der Waals surface area contributed by atoms with Gasteiger partial charge in [0.2, 0.25) is 0 Å². The van der Waals surface area contributed by atoms with E-state index in [-0.39, 0.29) is 5.91 Å². The number of hydrogen-bond acceptors (Lipinski definition) is 3. The van der Waals surface area contributed by atoms with Gasteiger partial charge in [-0.25, -0.2) is 0 Å². The molecule has 5 heteroatoms. The molecule has 0 spiro atoms. The Morgan fingerprint density at radius 1 is 1.00 bits per heavy atom. The first-order valence-corrected chi connectivity index (χ1v) is 9.45. The molecule has 3 rings (SSSR count). The van der Waals surface area contributed by atoms with Crippen LogP contribution >= 0.6 is 11.6 Å². The van der Waals surface area contributed by atoms with E-state index in [0.717, 1.165) is 5.56 Å². The minimum Gasteiger partial charge on any atom is -0.490 e. The van der Waals surface area contributed by atoms with Gasteiger partial charge in [-0.3, -0.25) is 4.79 Å². The van der Waals surface area contributed by atoms with Gasteiger partial charge in [0.25, 0.3) is 5.91 Å². The molecule has 28 heavy (non-hydrogen) atoms. The van der Waals surface area contributed by atoms with E-state index in [9.17, 15) is 4.79 Å². The van der Waals surface area contributed by atoms with E-state index in [4.69, 9.17) is 21.1 Å². The molecule has 3 aromatic rings. The Morgan fingerprint density at radius 3 is 2.39 bits per heavy atom. The molecule has 0 aliphatic heterocycles. The number of para-hydroxylation sites is 1. The highest BCUT2D eigenvalue weighted by Gasteiger charge is 2.17. The summed E-state index contributed by atoms with van der Waals surface area (Å²) < 4.78 is 11.6. The fourth-order valence-electron chi connectivity index (χ4n) is 2.67. The first-order chi connectivity index (χ1) is 13.6. The molecule has 0 aliphatic rings. The fraction of sp³-hybridized carbons (Fsp3) is 0.174. The predicted molar refractivity (Wildman–Crippen MR) is 113 cm³/mol. The van der Waals surface area contributed by atoms with Gasteiger partial charge in [-0.05, 0) is 43.7 Å². The number of aryl methyl sites for hydroxylation is 1. The van der Waals surface area contributed by atoms with E-state index >= 15 is 0 Å². The number of nitrogens with one attached hydrogen (secondary N) is 1. The first kappa shape index (κ1) is 19.8. The highest BCUT2D eigenvalue weighted by atomic mass is 35.5. The molecule has 0 radical (unpaired) electrons. The number of anilines is 1. The molecule has 0 atom stereocenters. The monoisotopic (exact) mass is 395 g/mol. The molecule has 4 nitrogen and oxygen atoms in total. The van der Waals surface area contributed by atoms with Gasteiger partial charge < -0.3 is 14.8 Å². The van der Waals surface area contributed by atoms with Gasteiger partial charge in [0, 0.05) is 11.3 Å². The van der Waals surface area contributed by atoms with Crippen LogP contribution in [0.3, 0.4) is 0 Å². The van der Waals surface area contributed by atoms with E-state index < -0.39 is 0 Å². The van der Waals surface area contributed by atoms with Crippen molar-refractivity contribution in [3.63, 3.8) is 0 Å². The van der Waals surface area contributed by atoms with Gasteiger partial charge in [0.1, 0.15) is 6.61 Å². The van der Waals surface area contributed by atoms with Gasteiger partial charge in [-0.15, -0.1) is 0 Å². The molecule has 144 valence electrons. The molecule has 0 aromatic heterocycles. The second-order valence-corrected chi connectivity index (χ2v) is 6.72. The molecular formula is C23H22ClNO3. The van der Waals surface area contributed by atoms with Crippen molar-refractivity contribution in [2.45, 2.75) is 20.5 Å². The third-order valence-corrected chi connectivity index (χ3v) is 4.39. The van der Waals surface area contributed by atoms with Crippen LogP contribution in [0, 0.1) is 6.92 Å². The number of amides is 1. The largest absolute Gasteiger partial charge is 0.490 e. The summed E-state index contributed by atoms with van der Waals surface area (Å²) in [5.41, 5.74) is 3.32. The summed E-state index contributed by atoms with van der Waals surface area (Å²) in [7, 11) is 0. The standard InChI is InChI=1S/C23H22ClNO3/c1-3-27-21-14-18(23(26)25-19-7-5-4-6-8-19)13-20(24)22(21)28-15-17-11-9-16(2)10-12-17/h4-14H,3,15H2,1-2H3,(H,25,26). The Balaban J connectivity index is 1.80. The summed E-state index contributed by atoms with van der Waals surface area (Å²) in [4.78, 5) is 12.6. The Bertz CT molecular complexity index is 940. The number of ether oxygens (including phenoxy) is 2. The lowest BCUT2D eigenvalue weighted by Crippen LogP contribution is -2.12. The molecule has 0 saturated carbocycles. The maximum atomic E-state index is 12.6. The van der Waals surface area contributed by atoms with Gasteiger partial charge in [0.05, 0.1) is 11.6 Å². The summed E-state index contributed by atoms with van der Waals surface area (Å²) >= 11 is 6.42. The zero-order chi connectivity index (χ0) is 19.9. The Morgan fingerprint density at radius 2 is 1.71 bits per heavy atom. The van der Waals surface area contributed by atoms with Crippen molar-refractivity contribution in [2.24, 2.45) is 0 Å². The van der Waals surface area contributed by atoms with Crippen LogP contribution in [-0.4, -0.2) is 12.5 Å². The summed E-state index contributed by atoms with van der Waals surface area (Å²) in [6.07, 6.45) is 0. The molecular weight excluding hydrogens is 374 g/mol. The molecule has 1 N–H and O–H groups in total. The van der Waals surface area contributed by atoms with Crippen molar-refractivity contribution in [1.29, 1.82) is 0 Å². The Kier molecular flexibility index (Phi) is 6.56. The maximum absolute atomic E-state index is 12.6. The number of halogens is 1. The van der Waals surface area contributed by atoms with Crippen molar-refractivity contribution < 1.29 is 14.3 Å². The lowest BCUT2D eigenvalue weighted by atomic mass is 10.1. The lowest BCUT2D eigenvalue weighted by molar-refractivity contribution is 0.102. The van der Waals surface area contributed by atoms with E-state index in [0.29, 0.717) is 41.0 Å². The maximum Gasteiger partial charge on any atom is 0.255 e. The average molecular weight is 396 g/mol. The normalized spacial score (nSPS) is 10.4. The third-order valence-electron chi connectivity index (χ3n) is 4.11. The minimum absolute atomic E-state index is 0.265. The molecule has 0 heterocycles. The first-order valence-electron chi connectivity index (χ1n) is 9.08. The van der Waals surface area contributed by atoms with Gasteiger partial charge in [0.15, 0.2) is 11.5 Å². The molecule has 0 fully saturated rings. The van der Waals surface area contributed by atoms with E-state index in [1.807, 2.05) is 68.4 Å². The fourth-order valence-corrected chi connectivity index (χ4v) is 2.93. The molecule has 0 aliphatic carbocycles. The number of benzene rings is 3. The van der Waals surface area contributed by atoms with Gasteiger partial charge in [-0.1, -0.05) is 59.6 Å². The van der Waals surface area contributed by atoms with Crippen LogP contribution in [0.15, 0.2) is 66.7 Å². The molecule has 3 aromatic carbocycles. The Labute approximate surface area is 170 Å². The van der Waals surface area contributed by atoms with E-state index in [1.165, 1.54) is 5.56 Å². The number of rotatable bonds is 7. The second kappa shape index (κ2) is 9.29. The van der Waals surface area contributed by atoms with Crippen LogP contribution in [0.1, 0.15) is 28.4 Å². The SMILES string of the molecule is CCOc1cc(C(=O)Nc2ccccc2)cc(Cl)c1OCc1ccc(C)cc1. The summed E-state index contributed by atoms with van der Waals surface area (Å²) in [5, 5.41) is 3.17. The molecule has 0 bridgehead atoms. The van der Waals surface area contributed by atoms with Crippen LogP contribution < -0.4 is 14.8 Å². The van der Waals surface area contributed by atoms with Gasteiger partial charge in [-0.2, -0.15) is 0 Å². The highest BCUT2D eigenvalue weighted by molar-refractivity contribution is 6.32. The number of carbonyl (C=O) groups excluding carboxylic acids is 1.